The molecule has 86 valence electrons. The largest absolute Gasteiger partial charge is 0.502 e. The van der Waals surface area contributed by atoms with Gasteiger partial charge < -0.3 is 9.52 Å². The molecule has 1 aromatic carbocycles. The number of fused-ring (bicyclic) bond motifs is 1. The van der Waals surface area contributed by atoms with Crippen molar-refractivity contribution in [1.29, 1.82) is 0 Å². The molecule has 1 aliphatic rings. The summed E-state index contributed by atoms with van der Waals surface area (Å²) in [6.45, 7) is 0. The Hall–Kier alpha value is -2.03. The van der Waals surface area contributed by atoms with Crippen LogP contribution in [0.15, 0.2) is 45.6 Å². The topological polar surface area (TPSA) is 50.4 Å². The van der Waals surface area contributed by atoms with E-state index in [2.05, 4.69) is 6.08 Å². The van der Waals surface area contributed by atoms with Gasteiger partial charge in [-0.3, -0.25) is 0 Å². The highest BCUT2D eigenvalue weighted by Gasteiger charge is 2.21. The summed E-state index contributed by atoms with van der Waals surface area (Å²) < 4.78 is 5.06. The van der Waals surface area contributed by atoms with Gasteiger partial charge in [-0.25, -0.2) is 4.79 Å². The number of benzene rings is 1. The van der Waals surface area contributed by atoms with Crippen LogP contribution in [0.25, 0.3) is 11.0 Å². The summed E-state index contributed by atoms with van der Waals surface area (Å²) in [7, 11) is 0. The molecule has 0 aliphatic heterocycles. The van der Waals surface area contributed by atoms with Gasteiger partial charge in [0, 0.05) is 16.9 Å². The van der Waals surface area contributed by atoms with Gasteiger partial charge in [-0.15, -0.1) is 0 Å². The number of rotatable bonds is 1. The van der Waals surface area contributed by atoms with Crippen LogP contribution in [-0.4, -0.2) is 5.11 Å². The third-order valence-electron chi connectivity index (χ3n) is 3.21. The van der Waals surface area contributed by atoms with Crippen molar-refractivity contribution in [2.24, 2.45) is 0 Å². The number of allylic oxidation sites excluding steroid dienone is 2. The summed E-state index contributed by atoms with van der Waals surface area (Å²) in [5.41, 5.74) is 0.579. The van der Waals surface area contributed by atoms with Crippen LogP contribution in [0.4, 0.5) is 0 Å². The summed E-state index contributed by atoms with van der Waals surface area (Å²) in [4.78, 5) is 11.6. The predicted molar refractivity (Wildman–Crippen MR) is 65.3 cm³/mol. The van der Waals surface area contributed by atoms with Crippen LogP contribution in [-0.2, 0) is 0 Å². The van der Waals surface area contributed by atoms with Crippen molar-refractivity contribution in [3.63, 3.8) is 0 Å². The van der Waals surface area contributed by atoms with Crippen LogP contribution < -0.4 is 5.63 Å². The lowest BCUT2D eigenvalue weighted by Crippen LogP contribution is -2.05. The Balaban J connectivity index is 2.37. The second kappa shape index (κ2) is 3.77. The van der Waals surface area contributed by atoms with Gasteiger partial charge in [0.2, 0.25) is 5.75 Å². The van der Waals surface area contributed by atoms with Crippen molar-refractivity contribution in [3.8, 4) is 5.75 Å². The van der Waals surface area contributed by atoms with E-state index >= 15 is 0 Å². The molecule has 3 nitrogen and oxygen atoms in total. The molecule has 1 aromatic heterocycles. The lowest BCUT2D eigenvalue weighted by molar-refractivity contribution is 0.419. The van der Waals surface area contributed by atoms with Crippen LogP contribution in [0, 0.1) is 0 Å². The lowest BCUT2D eigenvalue weighted by Gasteiger charge is -2.12. The smallest absolute Gasteiger partial charge is 0.379 e. The van der Waals surface area contributed by atoms with E-state index < -0.39 is 5.63 Å². The zero-order chi connectivity index (χ0) is 11.8. The van der Waals surface area contributed by atoms with E-state index in [1.165, 1.54) is 0 Å². The van der Waals surface area contributed by atoms with Gasteiger partial charge in [-0.05, 0) is 18.9 Å². The van der Waals surface area contributed by atoms with Crippen LogP contribution in [0.5, 0.6) is 5.75 Å². The SMILES string of the molecule is O=c1oc2ccccc2c(C2C=CCC2)c1O. The maximum Gasteiger partial charge on any atom is 0.379 e. The maximum absolute atomic E-state index is 11.6. The Labute approximate surface area is 98.0 Å². The summed E-state index contributed by atoms with van der Waals surface area (Å²) in [6, 6.07) is 7.32. The maximum atomic E-state index is 11.6. The molecule has 17 heavy (non-hydrogen) atoms. The normalized spacial score (nSPS) is 18.9. The molecule has 1 atom stereocenters. The minimum atomic E-state index is -0.654. The first-order chi connectivity index (χ1) is 8.27. The Morgan fingerprint density at radius 2 is 2.12 bits per heavy atom. The summed E-state index contributed by atoms with van der Waals surface area (Å²) in [5, 5.41) is 10.7. The van der Waals surface area contributed by atoms with E-state index in [1.807, 2.05) is 24.3 Å². The molecule has 0 saturated heterocycles. The van der Waals surface area contributed by atoms with Crippen LogP contribution >= 0.6 is 0 Å². The van der Waals surface area contributed by atoms with Crippen molar-refractivity contribution in [1.82, 2.24) is 0 Å². The zero-order valence-electron chi connectivity index (χ0n) is 9.22. The van der Waals surface area contributed by atoms with Crippen molar-refractivity contribution in [2.75, 3.05) is 0 Å². The molecule has 3 heteroatoms. The number of para-hydroxylation sites is 1. The first kappa shape index (κ1) is 10.1. The van der Waals surface area contributed by atoms with Gasteiger partial charge in [-0.1, -0.05) is 30.4 Å². The standard InChI is InChI=1S/C14H12O3/c15-13-12(9-5-1-2-6-9)10-7-3-4-8-11(10)17-14(13)16/h1,3-5,7-9,15H,2,6H2. The Kier molecular flexibility index (Phi) is 2.25. The second-order valence-corrected chi connectivity index (χ2v) is 4.26. The molecule has 0 fully saturated rings. The van der Waals surface area contributed by atoms with Crippen molar-refractivity contribution in [3.05, 3.63) is 52.4 Å². The van der Waals surface area contributed by atoms with Gasteiger partial charge in [0.1, 0.15) is 5.58 Å². The average Bonchev–Trinajstić information content (AvgIpc) is 2.84. The lowest BCUT2D eigenvalue weighted by atomic mass is 9.95. The Morgan fingerprint density at radius 3 is 2.88 bits per heavy atom. The number of hydrogen-bond acceptors (Lipinski definition) is 3. The highest BCUT2D eigenvalue weighted by atomic mass is 16.4. The molecule has 0 bridgehead atoms. The minimum Gasteiger partial charge on any atom is -0.502 e. The zero-order valence-corrected chi connectivity index (χ0v) is 9.22. The first-order valence-electron chi connectivity index (χ1n) is 5.69. The summed E-state index contributed by atoms with van der Waals surface area (Å²) in [6.07, 6.45) is 6.04. The van der Waals surface area contributed by atoms with Crippen molar-refractivity contribution >= 4 is 11.0 Å². The van der Waals surface area contributed by atoms with E-state index in [0.29, 0.717) is 11.1 Å². The van der Waals surface area contributed by atoms with Gasteiger partial charge in [0.05, 0.1) is 0 Å². The van der Waals surface area contributed by atoms with E-state index in [1.54, 1.807) is 6.07 Å². The quantitative estimate of drug-likeness (QED) is 0.603. The predicted octanol–water partition coefficient (Wildman–Crippen LogP) is 2.93. The number of hydrogen-bond donors (Lipinski definition) is 1. The molecule has 3 rings (SSSR count). The average molecular weight is 228 g/mol. The Morgan fingerprint density at radius 1 is 1.29 bits per heavy atom. The minimum absolute atomic E-state index is 0.115. The highest BCUT2D eigenvalue weighted by Crippen LogP contribution is 2.36. The second-order valence-electron chi connectivity index (χ2n) is 4.26. The van der Waals surface area contributed by atoms with E-state index in [9.17, 15) is 9.90 Å². The molecule has 0 amide bonds. The fraction of sp³-hybridized carbons (Fsp3) is 0.214. The fourth-order valence-corrected chi connectivity index (χ4v) is 2.41. The molecule has 0 saturated carbocycles. The molecule has 2 aromatic rings. The van der Waals surface area contributed by atoms with E-state index in [0.717, 1.165) is 18.2 Å². The molecular formula is C14H12O3. The molecule has 0 spiro atoms. The first-order valence-corrected chi connectivity index (χ1v) is 5.69. The molecule has 1 unspecified atom stereocenters. The van der Waals surface area contributed by atoms with Gasteiger partial charge in [0.15, 0.2) is 0 Å². The molecular weight excluding hydrogens is 216 g/mol. The molecule has 1 aliphatic carbocycles. The van der Waals surface area contributed by atoms with E-state index in [4.69, 9.17) is 4.42 Å². The van der Waals surface area contributed by atoms with Crippen molar-refractivity contribution in [2.45, 2.75) is 18.8 Å². The third kappa shape index (κ3) is 1.55. The Bertz CT molecular complexity index is 652. The molecule has 0 radical (unpaired) electrons. The van der Waals surface area contributed by atoms with Crippen LogP contribution in [0.2, 0.25) is 0 Å². The molecule has 1 heterocycles. The van der Waals surface area contributed by atoms with E-state index in [-0.39, 0.29) is 11.7 Å². The highest BCUT2D eigenvalue weighted by molar-refractivity contribution is 5.83. The third-order valence-corrected chi connectivity index (χ3v) is 3.21. The monoisotopic (exact) mass is 228 g/mol. The number of aromatic hydroxyl groups is 1. The van der Waals surface area contributed by atoms with Gasteiger partial charge in [0.25, 0.3) is 0 Å². The van der Waals surface area contributed by atoms with Gasteiger partial charge >= 0.3 is 5.63 Å². The van der Waals surface area contributed by atoms with Crippen LogP contribution in [0.1, 0.15) is 24.3 Å². The molecule has 1 N–H and O–H groups in total. The van der Waals surface area contributed by atoms with Crippen LogP contribution in [0.3, 0.4) is 0 Å². The van der Waals surface area contributed by atoms with Gasteiger partial charge in [-0.2, -0.15) is 0 Å². The summed E-state index contributed by atoms with van der Waals surface area (Å²) in [5.74, 6) is -0.135. The fourth-order valence-electron chi connectivity index (χ4n) is 2.41. The summed E-state index contributed by atoms with van der Waals surface area (Å²) >= 11 is 0. The van der Waals surface area contributed by atoms with Crippen molar-refractivity contribution < 1.29 is 9.52 Å².